The number of rotatable bonds is 9. The Morgan fingerprint density at radius 2 is 2.00 bits per heavy atom. The van der Waals surface area contributed by atoms with Crippen LogP contribution in [0.25, 0.3) is 0 Å². The highest BCUT2D eigenvalue weighted by Gasteiger charge is 2.23. The summed E-state index contributed by atoms with van der Waals surface area (Å²) in [6.07, 6.45) is 2.25. The number of aromatic nitrogens is 2. The summed E-state index contributed by atoms with van der Waals surface area (Å²) >= 11 is 0. The second kappa shape index (κ2) is 10.5. The van der Waals surface area contributed by atoms with E-state index < -0.39 is 24.5 Å². The van der Waals surface area contributed by atoms with E-state index in [1.165, 1.54) is 18.1 Å². The van der Waals surface area contributed by atoms with Gasteiger partial charge in [-0.25, -0.2) is 15.4 Å². The quantitative estimate of drug-likeness (QED) is 0.203. The van der Waals surface area contributed by atoms with Crippen LogP contribution in [0.3, 0.4) is 0 Å². The summed E-state index contributed by atoms with van der Waals surface area (Å²) < 4.78 is 4.68. The van der Waals surface area contributed by atoms with Gasteiger partial charge in [0.05, 0.1) is 6.61 Å². The maximum absolute atomic E-state index is 11.6. The molecule has 0 bridgehead atoms. The summed E-state index contributed by atoms with van der Waals surface area (Å²) in [5.41, 5.74) is 6.21. The predicted molar refractivity (Wildman–Crippen MR) is 110 cm³/mol. The Morgan fingerprint density at radius 3 is 2.70 bits per heavy atom. The van der Waals surface area contributed by atoms with Gasteiger partial charge < -0.3 is 20.1 Å². The van der Waals surface area contributed by atoms with Crippen molar-refractivity contribution in [3.63, 3.8) is 0 Å². The van der Waals surface area contributed by atoms with E-state index >= 15 is 0 Å². The number of hydrogen-bond acceptors (Lipinski definition) is 9. The molecule has 4 N–H and O–H groups in total. The van der Waals surface area contributed by atoms with Crippen molar-refractivity contribution >= 4 is 23.5 Å². The number of para-hydroxylation sites is 1. The van der Waals surface area contributed by atoms with E-state index in [4.69, 9.17) is 0 Å². The second-order valence-electron chi connectivity index (χ2n) is 6.83. The maximum atomic E-state index is 11.6. The van der Waals surface area contributed by atoms with Crippen molar-refractivity contribution in [3.05, 3.63) is 48.3 Å². The molecule has 30 heavy (non-hydrogen) atoms. The zero-order valence-electron chi connectivity index (χ0n) is 16.7. The molecule has 1 aliphatic rings. The Morgan fingerprint density at radius 1 is 1.27 bits per heavy atom. The predicted octanol–water partition coefficient (Wildman–Crippen LogP) is 0.732. The van der Waals surface area contributed by atoms with Crippen molar-refractivity contribution in [2.75, 3.05) is 29.9 Å². The molecule has 1 aliphatic heterocycles. The molecule has 1 amide bonds. The number of benzene rings is 1. The van der Waals surface area contributed by atoms with Crippen LogP contribution in [0.4, 0.5) is 11.6 Å². The van der Waals surface area contributed by atoms with Gasteiger partial charge in [-0.3, -0.25) is 15.0 Å². The van der Waals surface area contributed by atoms with E-state index in [-0.39, 0.29) is 12.6 Å². The first-order valence-corrected chi connectivity index (χ1v) is 9.81. The van der Waals surface area contributed by atoms with Crippen LogP contribution >= 0.6 is 0 Å². The fourth-order valence-corrected chi connectivity index (χ4v) is 3.11. The van der Waals surface area contributed by atoms with Gasteiger partial charge in [-0.05, 0) is 25.5 Å². The van der Waals surface area contributed by atoms with Gasteiger partial charge >= 0.3 is 5.97 Å². The van der Waals surface area contributed by atoms with Crippen molar-refractivity contribution in [3.8, 4) is 0 Å². The first-order valence-electron chi connectivity index (χ1n) is 9.81. The number of ether oxygens (including phenoxy) is 1. The molecule has 1 saturated heterocycles. The minimum Gasteiger partial charge on any atom is -0.466 e. The lowest BCUT2D eigenvalue weighted by atomic mass is 10.2. The molecule has 2 atom stereocenters. The molecular weight excluding hydrogens is 388 g/mol. The van der Waals surface area contributed by atoms with Crippen LogP contribution in [0.15, 0.2) is 42.7 Å². The number of nitrogens with zero attached hydrogens (tertiary/aromatic N) is 3. The van der Waals surface area contributed by atoms with Gasteiger partial charge in [0, 0.05) is 42.8 Å². The third-order valence-electron chi connectivity index (χ3n) is 4.59. The summed E-state index contributed by atoms with van der Waals surface area (Å²) in [4.78, 5) is 33.6. The molecule has 10 heteroatoms. The maximum Gasteiger partial charge on any atom is 0.315 e. The van der Waals surface area contributed by atoms with Crippen molar-refractivity contribution in [1.82, 2.24) is 20.8 Å². The van der Waals surface area contributed by atoms with Crippen molar-refractivity contribution < 1.29 is 19.4 Å². The Kier molecular flexibility index (Phi) is 7.52. The van der Waals surface area contributed by atoms with Gasteiger partial charge in [0.1, 0.15) is 12.6 Å². The van der Waals surface area contributed by atoms with Gasteiger partial charge in [0.2, 0.25) is 11.9 Å². The first-order chi connectivity index (χ1) is 14.5. The molecule has 0 spiro atoms. The van der Waals surface area contributed by atoms with Crippen molar-refractivity contribution in [2.24, 2.45) is 0 Å². The highest BCUT2D eigenvalue weighted by molar-refractivity contribution is 5.93. The molecule has 1 aromatic carbocycles. The summed E-state index contributed by atoms with van der Waals surface area (Å²) in [7, 11) is 0. The van der Waals surface area contributed by atoms with Crippen LogP contribution in [-0.4, -0.2) is 52.7 Å². The average molecular weight is 414 g/mol. The zero-order chi connectivity index (χ0) is 21.3. The number of aliphatic hydroxyl groups excluding tert-OH is 1. The number of anilines is 2. The van der Waals surface area contributed by atoms with E-state index in [0.717, 1.165) is 19.5 Å². The minimum atomic E-state index is -1.22. The standard InChI is InChI=1S/C20H26N6O4/c1-2-30-18(28)10-17(27)24-25-19(29)14-11-21-20(22-12-14)23-15-8-9-26(13-15)16-6-4-3-5-7-16/h3-7,11-12,15,19,25,29H,2,8-10,13H2,1H3,(H,24,27)(H,21,22,23). The number of amides is 1. The van der Waals surface area contributed by atoms with Crippen LogP contribution in [-0.2, 0) is 14.3 Å². The molecular formula is C20H26N6O4. The molecule has 1 fully saturated rings. The van der Waals surface area contributed by atoms with Crippen LogP contribution in [0.2, 0.25) is 0 Å². The normalized spacial score (nSPS) is 16.7. The van der Waals surface area contributed by atoms with Crippen LogP contribution in [0, 0.1) is 0 Å². The molecule has 0 radical (unpaired) electrons. The van der Waals surface area contributed by atoms with Gasteiger partial charge in [-0.2, -0.15) is 0 Å². The Balaban J connectivity index is 1.44. The van der Waals surface area contributed by atoms with Crippen LogP contribution in [0.1, 0.15) is 31.6 Å². The zero-order valence-corrected chi connectivity index (χ0v) is 16.7. The smallest absolute Gasteiger partial charge is 0.315 e. The van der Waals surface area contributed by atoms with E-state index in [0.29, 0.717) is 11.5 Å². The molecule has 2 heterocycles. The third kappa shape index (κ3) is 6.13. The highest BCUT2D eigenvalue weighted by Crippen LogP contribution is 2.21. The lowest BCUT2D eigenvalue weighted by molar-refractivity contribution is -0.146. The highest BCUT2D eigenvalue weighted by atomic mass is 16.5. The lowest BCUT2D eigenvalue weighted by Gasteiger charge is -2.19. The Hall–Kier alpha value is -3.24. The minimum absolute atomic E-state index is 0.199. The molecule has 3 rings (SSSR count). The summed E-state index contributed by atoms with van der Waals surface area (Å²) in [5, 5.41) is 13.4. The average Bonchev–Trinajstić information content (AvgIpc) is 3.22. The number of hydrogen-bond donors (Lipinski definition) is 4. The molecule has 0 saturated carbocycles. The second-order valence-corrected chi connectivity index (χ2v) is 6.83. The Bertz CT molecular complexity index is 833. The van der Waals surface area contributed by atoms with E-state index in [2.05, 4.69) is 47.9 Å². The van der Waals surface area contributed by atoms with E-state index in [9.17, 15) is 14.7 Å². The molecule has 2 unspecified atom stereocenters. The van der Waals surface area contributed by atoms with Crippen molar-refractivity contribution in [2.45, 2.75) is 32.0 Å². The first kappa shape index (κ1) is 21.5. The molecule has 0 aliphatic carbocycles. The molecule has 10 nitrogen and oxygen atoms in total. The number of carbonyl (C=O) groups is 2. The van der Waals surface area contributed by atoms with Crippen LogP contribution < -0.4 is 21.1 Å². The topological polar surface area (TPSA) is 129 Å². The van der Waals surface area contributed by atoms with E-state index in [1.807, 2.05) is 18.2 Å². The van der Waals surface area contributed by atoms with Gasteiger partial charge in [0.25, 0.3) is 0 Å². The fraction of sp³-hybridized carbons (Fsp3) is 0.400. The van der Waals surface area contributed by atoms with Gasteiger partial charge in [-0.1, -0.05) is 18.2 Å². The monoisotopic (exact) mass is 414 g/mol. The summed E-state index contributed by atoms with van der Waals surface area (Å²) in [6, 6.07) is 10.5. The van der Waals surface area contributed by atoms with E-state index in [1.54, 1.807) is 6.92 Å². The number of hydrazine groups is 1. The van der Waals surface area contributed by atoms with Gasteiger partial charge in [0.15, 0.2) is 0 Å². The number of carbonyl (C=O) groups excluding carboxylic acids is 2. The number of esters is 1. The molecule has 1 aromatic heterocycles. The van der Waals surface area contributed by atoms with Crippen molar-refractivity contribution in [1.29, 1.82) is 0 Å². The number of nitrogens with one attached hydrogen (secondary N) is 3. The SMILES string of the molecule is CCOC(=O)CC(=O)NNC(O)c1cnc(NC2CCN(c3ccccc3)C2)nc1. The summed E-state index contributed by atoms with van der Waals surface area (Å²) in [6.45, 7) is 3.66. The lowest BCUT2D eigenvalue weighted by Crippen LogP contribution is -2.41. The Labute approximate surface area is 174 Å². The van der Waals surface area contributed by atoms with Crippen LogP contribution in [0.5, 0.6) is 0 Å². The van der Waals surface area contributed by atoms with Gasteiger partial charge in [-0.15, -0.1) is 0 Å². The largest absolute Gasteiger partial charge is 0.466 e. The molecule has 160 valence electrons. The summed E-state index contributed by atoms with van der Waals surface area (Å²) in [5.74, 6) is -0.782. The third-order valence-corrected chi connectivity index (χ3v) is 4.59. The number of aliphatic hydroxyl groups is 1. The molecule has 2 aromatic rings. The fourth-order valence-electron chi connectivity index (χ4n) is 3.11.